The molecule has 0 atom stereocenters. The van der Waals surface area contributed by atoms with Gasteiger partial charge in [0.1, 0.15) is 0 Å². The maximum Gasteiger partial charge on any atom is -0.00670 e. The smallest absolute Gasteiger partial charge is 0.00670 e. The molecule has 0 fully saturated rings. The summed E-state index contributed by atoms with van der Waals surface area (Å²) in [5.41, 5.74) is 6.62. The van der Waals surface area contributed by atoms with Crippen LogP contribution < -0.4 is 0 Å². The number of aryl methyl sites for hydroxylation is 1. The Morgan fingerprint density at radius 3 is 1.53 bits per heavy atom. The van der Waals surface area contributed by atoms with Crippen molar-refractivity contribution in [3.05, 3.63) is 121 Å². The topological polar surface area (TPSA) is 0 Å². The highest BCUT2D eigenvalue weighted by atomic mass is 14.2. The largest absolute Gasteiger partial charge is 0.0616 e. The van der Waals surface area contributed by atoms with Crippen molar-refractivity contribution in [1.82, 2.24) is 0 Å². The molecule has 6 rings (SSSR count). The number of fused-ring (bicyclic) bond motifs is 3. The average Bonchev–Trinajstić information content (AvgIpc) is 2.87. The van der Waals surface area contributed by atoms with E-state index >= 15 is 0 Å². The van der Waals surface area contributed by atoms with Crippen LogP contribution in [0.25, 0.3) is 54.6 Å². The molecule has 0 aromatic heterocycles. The molecule has 0 heteroatoms. The van der Waals surface area contributed by atoms with Gasteiger partial charge in [0, 0.05) is 0 Å². The van der Waals surface area contributed by atoms with Crippen molar-refractivity contribution in [2.24, 2.45) is 0 Å². The van der Waals surface area contributed by atoms with Gasteiger partial charge in [0.05, 0.1) is 0 Å². The maximum absolute atomic E-state index is 2.33. The second-order valence-electron chi connectivity index (χ2n) is 8.41. The molecular formula is C32H24. The molecule has 0 aliphatic heterocycles. The van der Waals surface area contributed by atoms with Crippen molar-refractivity contribution in [3.63, 3.8) is 0 Å². The summed E-state index contributed by atoms with van der Waals surface area (Å²) in [7, 11) is 0. The van der Waals surface area contributed by atoms with Crippen LogP contribution in [0, 0.1) is 0 Å². The summed E-state index contributed by atoms with van der Waals surface area (Å²) in [6.07, 6.45) is 1.01. The summed E-state index contributed by atoms with van der Waals surface area (Å²) >= 11 is 0. The molecule has 32 heavy (non-hydrogen) atoms. The first-order chi connectivity index (χ1) is 15.8. The Labute approximate surface area is 188 Å². The molecule has 0 unspecified atom stereocenters. The summed E-state index contributed by atoms with van der Waals surface area (Å²) in [5, 5.41) is 7.87. The van der Waals surface area contributed by atoms with Gasteiger partial charge in [-0.3, -0.25) is 0 Å². The molecule has 6 aromatic carbocycles. The molecule has 0 aliphatic rings. The van der Waals surface area contributed by atoms with Crippen LogP contribution in [0.3, 0.4) is 0 Å². The normalized spacial score (nSPS) is 11.4. The third kappa shape index (κ3) is 2.92. The van der Waals surface area contributed by atoms with Crippen LogP contribution in [-0.2, 0) is 6.42 Å². The van der Waals surface area contributed by atoms with Crippen LogP contribution in [0.4, 0.5) is 0 Å². The summed E-state index contributed by atoms with van der Waals surface area (Å²) in [6.45, 7) is 2.26. The number of hydrogen-bond acceptors (Lipinski definition) is 0. The molecule has 0 bridgehead atoms. The Morgan fingerprint density at radius 2 is 0.875 bits per heavy atom. The van der Waals surface area contributed by atoms with E-state index in [0.717, 1.165) is 6.42 Å². The van der Waals surface area contributed by atoms with E-state index in [4.69, 9.17) is 0 Å². The fourth-order valence-corrected chi connectivity index (χ4v) is 5.15. The molecule has 0 aliphatic carbocycles. The standard InChI is InChI=1S/C32H24/c1-2-22-20-21-29(27-16-7-12-23-10-3-5-14-25(23)27)31-19-9-18-30(32(22)31)28-17-8-13-24-11-4-6-15-26(24)28/h3-21H,2H2,1H3. The molecular weight excluding hydrogens is 384 g/mol. The molecule has 0 nitrogen and oxygen atoms in total. The van der Waals surface area contributed by atoms with Gasteiger partial charge in [-0.2, -0.15) is 0 Å². The lowest BCUT2D eigenvalue weighted by molar-refractivity contribution is 1.16. The third-order valence-corrected chi connectivity index (χ3v) is 6.67. The fraction of sp³-hybridized carbons (Fsp3) is 0.0625. The lowest BCUT2D eigenvalue weighted by atomic mass is 9.86. The summed E-state index contributed by atoms with van der Waals surface area (Å²) < 4.78 is 0. The van der Waals surface area contributed by atoms with Gasteiger partial charge in [-0.15, -0.1) is 0 Å². The molecule has 0 N–H and O–H groups in total. The van der Waals surface area contributed by atoms with Crippen molar-refractivity contribution in [1.29, 1.82) is 0 Å². The predicted octanol–water partition coefficient (Wildman–Crippen LogP) is 9.04. The molecule has 152 valence electrons. The maximum atomic E-state index is 2.33. The van der Waals surface area contributed by atoms with Crippen molar-refractivity contribution < 1.29 is 0 Å². The lowest BCUT2D eigenvalue weighted by Crippen LogP contribution is -1.92. The predicted molar refractivity (Wildman–Crippen MR) is 139 cm³/mol. The van der Waals surface area contributed by atoms with Crippen LogP contribution in [0.15, 0.2) is 115 Å². The van der Waals surface area contributed by atoms with Gasteiger partial charge in [-0.05, 0) is 66.6 Å². The van der Waals surface area contributed by atoms with Crippen molar-refractivity contribution in [2.75, 3.05) is 0 Å². The minimum absolute atomic E-state index is 1.01. The van der Waals surface area contributed by atoms with E-state index in [1.54, 1.807) is 0 Å². The van der Waals surface area contributed by atoms with Crippen LogP contribution in [0.5, 0.6) is 0 Å². The second-order valence-corrected chi connectivity index (χ2v) is 8.41. The Morgan fingerprint density at radius 1 is 0.406 bits per heavy atom. The van der Waals surface area contributed by atoms with E-state index in [0.29, 0.717) is 0 Å². The minimum atomic E-state index is 1.01. The van der Waals surface area contributed by atoms with Gasteiger partial charge in [-0.1, -0.05) is 122 Å². The van der Waals surface area contributed by atoms with E-state index in [1.807, 2.05) is 0 Å². The molecule has 0 radical (unpaired) electrons. The lowest BCUT2D eigenvalue weighted by Gasteiger charge is -2.17. The summed E-state index contributed by atoms with van der Waals surface area (Å²) in [4.78, 5) is 0. The second kappa shape index (κ2) is 7.66. The monoisotopic (exact) mass is 408 g/mol. The van der Waals surface area contributed by atoms with E-state index in [2.05, 4.69) is 122 Å². The zero-order valence-corrected chi connectivity index (χ0v) is 18.2. The molecule has 0 saturated heterocycles. The van der Waals surface area contributed by atoms with Crippen molar-refractivity contribution in [2.45, 2.75) is 13.3 Å². The molecule has 0 spiro atoms. The van der Waals surface area contributed by atoms with Crippen molar-refractivity contribution >= 4 is 32.3 Å². The van der Waals surface area contributed by atoms with Gasteiger partial charge in [0.25, 0.3) is 0 Å². The Hall–Kier alpha value is -3.90. The molecule has 0 heterocycles. The van der Waals surface area contributed by atoms with Crippen molar-refractivity contribution in [3.8, 4) is 22.3 Å². The van der Waals surface area contributed by atoms with Gasteiger partial charge >= 0.3 is 0 Å². The molecule has 0 saturated carbocycles. The highest BCUT2D eigenvalue weighted by Crippen LogP contribution is 2.41. The van der Waals surface area contributed by atoms with E-state index < -0.39 is 0 Å². The average molecular weight is 409 g/mol. The molecule has 0 amide bonds. The zero-order chi connectivity index (χ0) is 21.5. The highest BCUT2D eigenvalue weighted by molar-refractivity contribution is 6.12. The number of benzene rings is 6. The first kappa shape index (κ1) is 18.8. The zero-order valence-electron chi connectivity index (χ0n) is 18.2. The first-order valence-electron chi connectivity index (χ1n) is 11.4. The van der Waals surface area contributed by atoms with Gasteiger partial charge in [-0.25, -0.2) is 0 Å². The fourth-order valence-electron chi connectivity index (χ4n) is 5.15. The molecule has 6 aromatic rings. The number of rotatable bonds is 3. The van der Waals surface area contributed by atoms with E-state index in [9.17, 15) is 0 Å². The van der Waals surface area contributed by atoms with Gasteiger partial charge in [0.15, 0.2) is 0 Å². The quantitative estimate of drug-likeness (QED) is 0.274. The summed E-state index contributed by atoms with van der Waals surface area (Å²) in [6, 6.07) is 42.1. The Kier molecular flexibility index (Phi) is 4.51. The van der Waals surface area contributed by atoms with Crippen LogP contribution in [0.2, 0.25) is 0 Å². The van der Waals surface area contributed by atoms with Gasteiger partial charge in [0.2, 0.25) is 0 Å². The van der Waals surface area contributed by atoms with E-state index in [1.165, 1.54) is 60.1 Å². The minimum Gasteiger partial charge on any atom is -0.0616 e. The van der Waals surface area contributed by atoms with E-state index in [-0.39, 0.29) is 0 Å². The highest BCUT2D eigenvalue weighted by Gasteiger charge is 2.14. The Bertz CT molecular complexity index is 1590. The van der Waals surface area contributed by atoms with Crippen LogP contribution in [-0.4, -0.2) is 0 Å². The van der Waals surface area contributed by atoms with Gasteiger partial charge < -0.3 is 0 Å². The third-order valence-electron chi connectivity index (χ3n) is 6.67. The van der Waals surface area contributed by atoms with Crippen LogP contribution >= 0.6 is 0 Å². The number of hydrogen-bond donors (Lipinski definition) is 0. The Balaban J connectivity index is 1.72. The summed E-state index contributed by atoms with van der Waals surface area (Å²) in [5.74, 6) is 0. The SMILES string of the molecule is CCc1ccc(-c2cccc3ccccc23)c2cccc(-c3cccc4ccccc34)c12. The van der Waals surface area contributed by atoms with Crippen LogP contribution in [0.1, 0.15) is 12.5 Å². The first-order valence-corrected chi connectivity index (χ1v) is 11.4.